The summed E-state index contributed by atoms with van der Waals surface area (Å²) < 4.78 is 0. The van der Waals surface area contributed by atoms with Crippen LogP contribution in [0.15, 0.2) is 24.3 Å². The molecule has 0 spiro atoms. The predicted octanol–water partition coefficient (Wildman–Crippen LogP) is 1.85. The number of hydrogen-bond acceptors (Lipinski definition) is 3. The molecule has 2 unspecified atom stereocenters. The first kappa shape index (κ1) is 13.7. The molecule has 1 heterocycles. The number of Topliss-reactive ketones (excluding diaryl/α,β-unsaturated/α-hetero) is 1. The van der Waals surface area contributed by atoms with Crippen molar-refractivity contribution in [1.82, 2.24) is 5.32 Å². The van der Waals surface area contributed by atoms with Crippen LogP contribution in [0, 0.1) is 5.92 Å². The van der Waals surface area contributed by atoms with Gasteiger partial charge in [-0.15, -0.1) is 0 Å². The van der Waals surface area contributed by atoms with Gasteiger partial charge in [-0.1, -0.05) is 12.1 Å². The minimum Gasteiger partial charge on any atom is -0.319 e. The number of anilines is 1. The molecule has 4 nitrogen and oxygen atoms in total. The molecule has 1 aromatic rings. The van der Waals surface area contributed by atoms with E-state index in [1.807, 2.05) is 24.1 Å². The van der Waals surface area contributed by atoms with Gasteiger partial charge in [0.05, 0.1) is 0 Å². The van der Waals surface area contributed by atoms with E-state index in [1.54, 1.807) is 12.1 Å². The maximum atomic E-state index is 12.2. The lowest BCUT2D eigenvalue weighted by atomic mass is 10.0. The maximum Gasteiger partial charge on any atom is 0.227 e. The smallest absolute Gasteiger partial charge is 0.227 e. The van der Waals surface area contributed by atoms with Crippen molar-refractivity contribution in [1.29, 1.82) is 0 Å². The summed E-state index contributed by atoms with van der Waals surface area (Å²) in [4.78, 5) is 25.4. The van der Waals surface area contributed by atoms with Gasteiger partial charge in [-0.3, -0.25) is 9.59 Å². The quantitative estimate of drug-likeness (QED) is 0.841. The second-order valence-corrected chi connectivity index (χ2v) is 5.13. The van der Waals surface area contributed by atoms with Crippen LogP contribution < -0.4 is 10.2 Å². The first-order valence-corrected chi connectivity index (χ1v) is 6.62. The van der Waals surface area contributed by atoms with Crippen LogP contribution in [0.5, 0.6) is 0 Å². The van der Waals surface area contributed by atoms with Crippen LogP contribution in [0.2, 0.25) is 0 Å². The first-order chi connectivity index (χ1) is 9.04. The van der Waals surface area contributed by atoms with E-state index in [0.717, 1.165) is 12.2 Å². The number of nitrogens with one attached hydrogen (secondary N) is 1. The number of carbonyl (C=O) groups is 2. The monoisotopic (exact) mass is 260 g/mol. The molecule has 0 bridgehead atoms. The lowest BCUT2D eigenvalue weighted by Crippen LogP contribution is -2.35. The van der Waals surface area contributed by atoms with Gasteiger partial charge in [-0.05, 0) is 33.0 Å². The van der Waals surface area contributed by atoms with E-state index in [9.17, 15) is 9.59 Å². The molecule has 0 aliphatic carbocycles. The van der Waals surface area contributed by atoms with Crippen LogP contribution in [0.4, 0.5) is 5.69 Å². The molecule has 0 radical (unpaired) electrons. The standard InChI is InChI=1S/C15H20N2O2/c1-10-13(9-16-3)8-15(19)17(10)14-6-4-5-12(7-14)11(2)18/h4-7,10,13,16H,8-9H2,1-3H3. The van der Waals surface area contributed by atoms with E-state index in [0.29, 0.717) is 17.9 Å². The van der Waals surface area contributed by atoms with Crippen LogP contribution in [-0.4, -0.2) is 31.3 Å². The Labute approximate surface area is 113 Å². The molecule has 2 atom stereocenters. The van der Waals surface area contributed by atoms with Crippen molar-refractivity contribution in [2.24, 2.45) is 5.92 Å². The molecule has 1 N–H and O–H groups in total. The second kappa shape index (κ2) is 5.53. The van der Waals surface area contributed by atoms with E-state index in [2.05, 4.69) is 12.2 Å². The summed E-state index contributed by atoms with van der Waals surface area (Å²) in [5.74, 6) is 0.472. The van der Waals surface area contributed by atoms with Crippen LogP contribution in [-0.2, 0) is 4.79 Å². The van der Waals surface area contributed by atoms with E-state index < -0.39 is 0 Å². The number of amides is 1. The first-order valence-electron chi connectivity index (χ1n) is 6.62. The zero-order valence-electron chi connectivity index (χ0n) is 11.6. The Morgan fingerprint density at radius 1 is 1.47 bits per heavy atom. The van der Waals surface area contributed by atoms with Gasteiger partial charge in [0.1, 0.15) is 0 Å². The Kier molecular flexibility index (Phi) is 4.00. The second-order valence-electron chi connectivity index (χ2n) is 5.13. The van der Waals surface area contributed by atoms with Gasteiger partial charge >= 0.3 is 0 Å². The Morgan fingerprint density at radius 2 is 2.21 bits per heavy atom. The zero-order chi connectivity index (χ0) is 14.0. The fraction of sp³-hybridized carbons (Fsp3) is 0.467. The average molecular weight is 260 g/mol. The Hall–Kier alpha value is -1.68. The lowest BCUT2D eigenvalue weighted by molar-refractivity contribution is -0.117. The molecule has 102 valence electrons. The van der Waals surface area contributed by atoms with E-state index in [1.165, 1.54) is 6.92 Å². The van der Waals surface area contributed by atoms with Crippen molar-refractivity contribution in [3.05, 3.63) is 29.8 Å². The van der Waals surface area contributed by atoms with Crippen molar-refractivity contribution in [2.45, 2.75) is 26.3 Å². The largest absolute Gasteiger partial charge is 0.319 e. The van der Waals surface area contributed by atoms with Crippen LogP contribution in [0.1, 0.15) is 30.6 Å². The van der Waals surface area contributed by atoms with Crippen molar-refractivity contribution >= 4 is 17.4 Å². The molecule has 1 aliphatic rings. The van der Waals surface area contributed by atoms with Crippen molar-refractivity contribution in [3.63, 3.8) is 0 Å². The fourth-order valence-electron chi connectivity index (χ4n) is 2.69. The molecule has 1 saturated heterocycles. The third-order valence-electron chi connectivity index (χ3n) is 3.79. The summed E-state index contributed by atoms with van der Waals surface area (Å²) in [5.41, 5.74) is 1.47. The summed E-state index contributed by atoms with van der Waals surface area (Å²) in [7, 11) is 1.90. The van der Waals surface area contributed by atoms with Gasteiger partial charge in [-0.25, -0.2) is 0 Å². The predicted molar refractivity (Wildman–Crippen MR) is 75.4 cm³/mol. The number of hydrogen-bond donors (Lipinski definition) is 1. The Balaban J connectivity index is 2.28. The van der Waals surface area contributed by atoms with Gasteiger partial charge in [0, 0.05) is 36.2 Å². The van der Waals surface area contributed by atoms with E-state index in [4.69, 9.17) is 0 Å². The summed E-state index contributed by atoms with van der Waals surface area (Å²) in [6.07, 6.45) is 0.562. The molecule has 0 saturated carbocycles. The maximum absolute atomic E-state index is 12.2. The lowest BCUT2D eigenvalue weighted by Gasteiger charge is -2.25. The van der Waals surface area contributed by atoms with E-state index >= 15 is 0 Å². The summed E-state index contributed by atoms with van der Waals surface area (Å²) >= 11 is 0. The van der Waals surface area contributed by atoms with E-state index in [-0.39, 0.29) is 17.7 Å². The molecular formula is C15H20N2O2. The molecule has 0 aromatic heterocycles. The van der Waals surface area contributed by atoms with Gasteiger partial charge in [0.25, 0.3) is 0 Å². The molecule has 1 amide bonds. The third kappa shape index (κ3) is 2.68. The summed E-state index contributed by atoms with van der Waals surface area (Å²) in [6.45, 7) is 4.43. The molecule has 1 fully saturated rings. The van der Waals surface area contributed by atoms with Gasteiger partial charge < -0.3 is 10.2 Å². The normalized spacial score (nSPS) is 22.9. The molecule has 19 heavy (non-hydrogen) atoms. The molecule has 1 aromatic carbocycles. The Bertz CT molecular complexity index is 499. The number of benzene rings is 1. The van der Waals surface area contributed by atoms with Gasteiger partial charge in [-0.2, -0.15) is 0 Å². The number of ketones is 1. The topological polar surface area (TPSA) is 49.4 Å². The minimum atomic E-state index is 0.0212. The van der Waals surface area contributed by atoms with Crippen LogP contribution >= 0.6 is 0 Å². The van der Waals surface area contributed by atoms with Crippen molar-refractivity contribution < 1.29 is 9.59 Å². The zero-order valence-corrected chi connectivity index (χ0v) is 11.6. The molecule has 2 rings (SSSR count). The van der Waals surface area contributed by atoms with Gasteiger partial charge in [0.15, 0.2) is 5.78 Å². The highest BCUT2D eigenvalue weighted by Crippen LogP contribution is 2.30. The molecule has 1 aliphatic heterocycles. The van der Waals surface area contributed by atoms with Gasteiger partial charge in [0.2, 0.25) is 5.91 Å². The van der Waals surface area contributed by atoms with Crippen LogP contribution in [0.25, 0.3) is 0 Å². The Morgan fingerprint density at radius 3 is 2.84 bits per heavy atom. The summed E-state index contributed by atoms with van der Waals surface area (Å²) in [5, 5.41) is 3.13. The molecule has 4 heteroatoms. The molecular weight excluding hydrogens is 240 g/mol. The number of rotatable bonds is 4. The number of carbonyl (C=O) groups excluding carboxylic acids is 2. The average Bonchev–Trinajstić information content (AvgIpc) is 2.65. The summed E-state index contributed by atoms with van der Waals surface area (Å²) in [6, 6.07) is 7.46. The van der Waals surface area contributed by atoms with Crippen LogP contribution in [0.3, 0.4) is 0 Å². The number of nitrogens with zero attached hydrogens (tertiary/aromatic N) is 1. The highest BCUT2D eigenvalue weighted by Gasteiger charge is 2.37. The van der Waals surface area contributed by atoms with Crippen molar-refractivity contribution in [3.8, 4) is 0 Å². The fourth-order valence-corrected chi connectivity index (χ4v) is 2.69. The third-order valence-corrected chi connectivity index (χ3v) is 3.79. The highest BCUT2D eigenvalue weighted by molar-refractivity contribution is 5.99. The highest BCUT2D eigenvalue weighted by atomic mass is 16.2. The van der Waals surface area contributed by atoms with Crippen molar-refractivity contribution in [2.75, 3.05) is 18.5 Å². The minimum absolute atomic E-state index is 0.0212. The SMILES string of the molecule is CNCC1CC(=O)N(c2cccc(C(C)=O)c2)C1C.